The van der Waals surface area contributed by atoms with Gasteiger partial charge >= 0.3 is 11.9 Å². The molecule has 4 aliphatic rings. The zero-order valence-electron chi connectivity index (χ0n) is 19.7. The maximum Gasteiger partial charge on any atom is 0.309 e. The molecule has 0 aromatic heterocycles. The normalized spacial score (nSPS) is 33.2. The van der Waals surface area contributed by atoms with Crippen LogP contribution < -0.4 is 0 Å². The van der Waals surface area contributed by atoms with E-state index in [4.69, 9.17) is 9.47 Å². The Bertz CT molecular complexity index is 628. The van der Waals surface area contributed by atoms with Gasteiger partial charge in [0.25, 0.3) is 0 Å². The van der Waals surface area contributed by atoms with Crippen LogP contribution in [-0.4, -0.2) is 23.1 Å². The molecule has 4 unspecified atom stereocenters. The first-order valence-electron chi connectivity index (χ1n) is 11.7. The molecular weight excluding hydrogens is 412 g/mol. The molecule has 0 spiro atoms. The average molecular weight is 471 g/mol. The molecule has 4 atom stereocenters. The highest BCUT2D eigenvalue weighted by molar-refractivity contribution is 5.74. The number of carbonyl (C=O) groups is 2. The second kappa shape index (κ2) is 11.6. The minimum Gasteiger partial charge on any atom is -0.460 e. The molecule has 33 heavy (non-hydrogen) atoms. The van der Waals surface area contributed by atoms with Gasteiger partial charge in [-0.3, -0.25) is 9.59 Å². The molecule has 0 saturated heterocycles. The van der Waals surface area contributed by atoms with Crippen molar-refractivity contribution in [3.05, 3.63) is 0 Å². The third kappa shape index (κ3) is 7.99. The Balaban J connectivity index is 0. The predicted molar refractivity (Wildman–Crippen MR) is 141 cm³/mol. The lowest BCUT2D eigenvalue weighted by atomic mass is 9.43. The Morgan fingerprint density at radius 2 is 1.39 bits per heavy atom. The Kier molecular flexibility index (Phi) is 12.0. The fourth-order valence-electron chi connectivity index (χ4n) is 7.21. The highest BCUT2D eigenvalue weighted by atomic mass is 16.6. The number of ether oxygens (including phenoxy) is 2. The van der Waals surface area contributed by atoms with E-state index >= 15 is 0 Å². The van der Waals surface area contributed by atoms with E-state index in [1.807, 2.05) is 34.6 Å². The second-order valence-corrected chi connectivity index (χ2v) is 12.4. The molecule has 4 heteroatoms. The van der Waals surface area contributed by atoms with Gasteiger partial charge in [0, 0.05) is 0 Å². The highest BCUT2D eigenvalue weighted by Crippen LogP contribution is 2.67. The lowest BCUT2D eigenvalue weighted by Crippen LogP contribution is -2.60. The van der Waals surface area contributed by atoms with Crippen molar-refractivity contribution in [3.63, 3.8) is 0 Å². The van der Waals surface area contributed by atoms with Gasteiger partial charge in [-0.15, -0.1) is 0 Å². The van der Waals surface area contributed by atoms with Crippen LogP contribution in [0.15, 0.2) is 0 Å². The number of esters is 2. The largest absolute Gasteiger partial charge is 0.460 e. The third-order valence-electron chi connectivity index (χ3n) is 7.48. The van der Waals surface area contributed by atoms with Crippen molar-refractivity contribution >= 4 is 11.9 Å². The summed E-state index contributed by atoms with van der Waals surface area (Å²) in [6.07, 6.45) is 9.09. The molecule has 4 rings (SSSR count). The highest BCUT2D eigenvalue weighted by Gasteiger charge is 2.62. The monoisotopic (exact) mass is 470 g/mol. The average Bonchev–Trinajstić information content (AvgIpc) is 2.49. The van der Waals surface area contributed by atoms with Gasteiger partial charge in [0.2, 0.25) is 0 Å². The number of hydrogen-bond donors (Lipinski definition) is 0. The summed E-state index contributed by atoms with van der Waals surface area (Å²) in [4.78, 5) is 25.4. The molecule has 0 radical (unpaired) electrons. The molecule has 0 aromatic rings. The molecule has 198 valence electrons. The fraction of sp³-hybridized carbons (Fsp3) is 0.931. The first-order valence-corrected chi connectivity index (χ1v) is 11.7. The van der Waals surface area contributed by atoms with Gasteiger partial charge < -0.3 is 9.47 Å². The van der Waals surface area contributed by atoms with Gasteiger partial charge in [-0.1, -0.05) is 57.4 Å². The van der Waals surface area contributed by atoms with Crippen molar-refractivity contribution in [2.75, 3.05) is 0 Å². The minimum absolute atomic E-state index is 0. The Morgan fingerprint density at radius 1 is 0.879 bits per heavy atom. The lowest BCUT2D eigenvalue weighted by molar-refractivity contribution is -0.219. The summed E-state index contributed by atoms with van der Waals surface area (Å²) in [6, 6.07) is 0. The van der Waals surface area contributed by atoms with E-state index in [1.54, 1.807) is 0 Å². The van der Waals surface area contributed by atoms with Crippen molar-refractivity contribution in [1.82, 2.24) is 0 Å². The zero-order chi connectivity index (χ0) is 21.7. The fourth-order valence-corrected chi connectivity index (χ4v) is 7.21. The molecule has 4 fully saturated rings. The summed E-state index contributed by atoms with van der Waals surface area (Å²) < 4.78 is 11.8. The van der Waals surface area contributed by atoms with Crippen molar-refractivity contribution in [3.8, 4) is 0 Å². The first kappa shape index (κ1) is 34.1. The molecule has 0 amide bonds. The van der Waals surface area contributed by atoms with Crippen LogP contribution in [0, 0.1) is 28.6 Å². The maximum atomic E-state index is 13.1. The summed E-state index contributed by atoms with van der Waals surface area (Å²) in [5.74, 6) is 0.156. The van der Waals surface area contributed by atoms with Crippen LogP contribution in [0.2, 0.25) is 0 Å². The Hall–Kier alpha value is -1.06. The molecule has 4 bridgehead atoms. The van der Waals surface area contributed by atoms with E-state index in [9.17, 15) is 9.59 Å². The third-order valence-corrected chi connectivity index (χ3v) is 7.48. The van der Waals surface area contributed by atoms with E-state index < -0.39 is 5.60 Å². The molecule has 4 aliphatic carbocycles. The maximum absolute atomic E-state index is 13.1. The number of carbonyl (C=O) groups excluding carboxylic acids is 2. The molecule has 0 heterocycles. The summed E-state index contributed by atoms with van der Waals surface area (Å²) in [5.41, 5.74) is -0.0495. The molecule has 0 aliphatic heterocycles. The summed E-state index contributed by atoms with van der Waals surface area (Å²) in [6.45, 7) is 14.4. The number of rotatable bonds is 7. The van der Waals surface area contributed by atoms with Crippen molar-refractivity contribution in [2.45, 2.75) is 147 Å². The molecule has 0 aromatic carbocycles. The quantitative estimate of drug-likeness (QED) is 0.349. The summed E-state index contributed by atoms with van der Waals surface area (Å²) in [7, 11) is 0. The van der Waals surface area contributed by atoms with Gasteiger partial charge in [0.05, 0.1) is 11.8 Å². The van der Waals surface area contributed by atoms with Crippen LogP contribution >= 0.6 is 0 Å². The van der Waals surface area contributed by atoms with E-state index in [0.29, 0.717) is 29.6 Å². The van der Waals surface area contributed by atoms with Crippen LogP contribution in [0.1, 0.15) is 136 Å². The molecule has 4 nitrogen and oxygen atoms in total. The van der Waals surface area contributed by atoms with Gasteiger partial charge in [0.15, 0.2) is 0 Å². The molecular formula is C29H58O4. The Morgan fingerprint density at radius 3 is 1.82 bits per heavy atom. The number of hydrogen-bond acceptors (Lipinski definition) is 4. The Labute approximate surface area is 207 Å². The van der Waals surface area contributed by atoms with Crippen LogP contribution in [0.5, 0.6) is 0 Å². The van der Waals surface area contributed by atoms with Crippen molar-refractivity contribution < 1.29 is 19.1 Å². The molecule has 4 saturated carbocycles. The lowest BCUT2D eigenvalue weighted by Gasteiger charge is -2.64. The van der Waals surface area contributed by atoms with E-state index in [2.05, 4.69) is 13.8 Å². The van der Waals surface area contributed by atoms with Crippen molar-refractivity contribution in [1.29, 1.82) is 0 Å². The van der Waals surface area contributed by atoms with Gasteiger partial charge in [0.1, 0.15) is 11.2 Å². The SMILES string of the molecule is C.C.C.C.CCC(CCC(C)C(=O)OC(C)(C)C)C(=O)OC12CC3CC(C)(CC(C)(C3)C1)C2. The first-order chi connectivity index (χ1) is 13.3. The van der Waals surface area contributed by atoms with Crippen LogP contribution in [0.3, 0.4) is 0 Å². The standard InChI is InChI=1S/C25H42O4.4CH4/c1-8-19(10-9-17(2)20(26)28-22(3,4)5)21(27)29-25-13-18-11-23(6,15-25)14-24(7,12-18)16-25;;;;/h17-19H,8-16H2,1-7H3;4*1H4. The van der Waals surface area contributed by atoms with Crippen LogP contribution in [0.25, 0.3) is 0 Å². The van der Waals surface area contributed by atoms with Crippen molar-refractivity contribution in [2.24, 2.45) is 28.6 Å². The summed E-state index contributed by atoms with van der Waals surface area (Å²) in [5, 5.41) is 0. The summed E-state index contributed by atoms with van der Waals surface area (Å²) >= 11 is 0. The van der Waals surface area contributed by atoms with Gasteiger partial charge in [-0.05, 0) is 95.3 Å². The van der Waals surface area contributed by atoms with E-state index in [1.165, 1.54) is 19.3 Å². The van der Waals surface area contributed by atoms with E-state index in [0.717, 1.165) is 25.7 Å². The minimum atomic E-state index is -0.473. The zero-order valence-corrected chi connectivity index (χ0v) is 19.7. The van der Waals surface area contributed by atoms with Crippen LogP contribution in [-0.2, 0) is 19.1 Å². The predicted octanol–water partition coefficient (Wildman–Crippen LogP) is 8.61. The topological polar surface area (TPSA) is 52.6 Å². The van der Waals surface area contributed by atoms with Gasteiger partial charge in [-0.25, -0.2) is 0 Å². The van der Waals surface area contributed by atoms with E-state index in [-0.39, 0.29) is 59.1 Å². The molecule has 0 N–H and O–H groups in total. The van der Waals surface area contributed by atoms with Gasteiger partial charge in [-0.2, -0.15) is 0 Å². The second-order valence-electron chi connectivity index (χ2n) is 12.4. The van der Waals surface area contributed by atoms with Crippen LogP contribution in [0.4, 0.5) is 0 Å². The smallest absolute Gasteiger partial charge is 0.309 e.